The van der Waals surface area contributed by atoms with Crippen LogP contribution in [0.3, 0.4) is 0 Å². The molecule has 0 aliphatic carbocycles. The summed E-state index contributed by atoms with van der Waals surface area (Å²) in [7, 11) is 0. The van der Waals surface area contributed by atoms with E-state index in [0.717, 1.165) is 10.4 Å². The van der Waals surface area contributed by atoms with Gasteiger partial charge in [-0.1, -0.05) is 12.1 Å². The van der Waals surface area contributed by atoms with Crippen LogP contribution in [0.1, 0.15) is 16.0 Å². The molecule has 2 rings (SSSR count). The van der Waals surface area contributed by atoms with Crippen molar-refractivity contribution in [1.29, 1.82) is 5.26 Å². The maximum absolute atomic E-state index is 11.6. The zero-order valence-electron chi connectivity index (χ0n) is 11.4. The van der Waals surface area contributed by atoms with Crippen molar-refractivity contribution in [3.05, 3.63) is 51.7 Å². The molecule has 0 bridgehead atoms. The lowest BCUT2D eigenvalue weighted by molar-refractivity contribution is -0.123. The van der Waals surface area contributed by atoms with E-state index in [4.69, 9.17) is 10.00 Å². The number of thiophene rings is 1. The SMILES string of the molecule is Cc1ccsc1/C=N/NC(=O)COc1ccccc1C#N. The number of nitrogens with zero attached hydrogens (tertiary/aromatic N) is 2. The number of hydrogen-bond acceptors (Lipinski definition) is 5. The maximum atomic E-state index is 11.6. The minimum absolute atomic E-state index is 0.195. The Labute approximate surface area is 126 Å². The third-order valence-electron chi connectivity index (χ3n) is 2.64. The lowest BCUT2D eigenvalue weighted by Crippen LogP contribution is -2.24. The molecule has 6 heteroatoms. The van der Waals surface area contributed by atoms with E-state index in [1.165, 1.54) is 0 Å². The standard InChI is InChI=1S/C15H13N3O2S/c1-11-6-7-21-14(11)9-17-18-15(19)10-20-13-5-3-2-4-12(13)8-16/h2-7,9H,10H2,1H3,(H,18,19)/b17-9+. The highest BCUT2D eigenvalue weighted by Crippen LogP contribution is 2.16. The molecule has 0 aliphatic heterocycles. The first-order valence-corrected chi connectivity index (χ1v) is 7.06. The molecule has 1 aromatic heterocycles. The summed E-state index contributed by atoms with van der Waals surface area (Å²) in [6.45, 7) is 1.78. The number of carbonyl (C=O) groups excluding carboxylic acids is 1. The molecule has 1 N–H and O–H groups in total. The Morgan fingerprint density at radius 2 is 2.29 bits per heavy atom. The van der Waals surface area contributed by atoms with Crippen LogP contribution in [0.4, 0.5) is 0 Å². The van der Waals surface area contributed by atoms with Gasteiger partial charge in [-0.25, -0.2) is 5.43 Å². The van der Waals surface area contributed by atoms with E-state index in [-0.39, 0.29) is 12.5 Å². The number of nitriles is 1. The van der Waals surface area contributed by atoms with Gasteiger partial charge >= 0.3 is 0 Å². The number of rotatable bonds is 5. The number of benzene rings is 1. The average molecular weight is 299 g/mol. The molecular formula is C15H13N3O2S. The lowest BCUT2D eigenvalue weighted by atomic mass is 10.2. The van der Waals surface area contributed by atoms with Crippen LogP contribution in [0.25, 0.3) is 0 Å². The second-order valence-corrected chi connectivity index (χ2v) is 5.11. The second kappa shape index (κ2) is 7.22. The number of ether oxygens (including phenoxy) is 1. The van der Waals surface area contributed by atoms with Crippen LogP contribution in [0.15, 0.2) is 40.8 Å². The summed E-state index contributed by atoms with van der Waals surface area (Å²) in [5, 5.41) is 14.7. The molecule has 1 amide bonds. The van der Waals surface area contributed by atoms with E-state index in [2.05, 4.69) is 10.5 Å². The van der Waals surface area contributed by atoms with Gasteiger partial charge in [0.2, 0.25) is 0 Å². The van der Waals surface area contributed by atoms with Crippen molar-refractivity contribution < 1.29 is 9.53 Å². The molecule has 21 heavy (non-hydrogen) atoms. The van der Waals surface area contributed by atoms with Crippen LogP contribution in [0.5, 0.6) is 5.75 Å². The Hall–Kier alpha value is -2.65. The highest BCUT2D eigenvalue weighted by molar-refractivity contribution is 7.11. The van der Waals surface area contributed by atoms with Crippen molar-refractivity contribution in [1.82, 2.24) is 5.43 Å². The number of hydrazone groups is 1. The van der Waals surface area contributed by atoms with Gasteiger partial charge in [-0.3, -0.25) is 4.79 Å². The summed E-state index contributed by atoms with van der Waals surface area (Å²) < 4.78 is 5.30. The largest absolute Gasteiger partial charge is 0.482 e. The van der Waals surface area contributed by atoms with Gasteiger partial charge < -0.3 is 4.74 Å². The van der Waals surface area contributed by atoms with E-state index in [1.807, 2.05) is 24.4 Å². The molecule has 0 aliphatic rings. The second-order valence-electron chi connectivity index (χ2n) is 4.16. The van der Waals surface area contributed by atoms with Crippen molar-refractivity contribution in [2.75, 3.05) is 6.61 Å². The summed E-state index contributed by atoms with van der Waals surface area (Å²) in [4.78, 5) is 12.6. The van der Waals surface area contributed by atoms with E-state index < -0.39 is 0 Å². The number of aryl methyl sites for hydroxylation is 1. The first-order chi connectivity index (χ1) is 10.2. The van der Waals surface area contributed by atoms with Gasteiger partial charge in [-0.05, 0) is 36.1 Å². The van der Waals surface area contributed by atoms with Gasteiger partial charge in [0.05, 0.1) is 11.8 Å². The topological polar surface area (TPSA) is 74.5 Å². The van der Waals surface area contributed by atoms with Crippen LogP contribution in [-0.2, 0) is 4.79 Å². The van der Waals surface area contributed by atoms with Crippen molar-refractivity contribution in [2.24, 2.45) is 5.10 Å². The van der Waals surface area contributed by atoms with Crippen molar-refractivity contribution in [3.8, 4) is 11.8 Å². The quantitative estimate of drug-likeness (QED) is 0.680. The summed E-state index contributed by atoms with van der Waals surface area (Å²) in [6, 6.07) is 10.7. The Morgan fingerprint density at radius 1 is 1.48 bits per heavy atom. The Bertz CT molecular complexity index is 701. The zero-order chi connectivity index (χ0) is 15.1. The Kier molecular flexibility index (Phi) is 5.07. The van der Waals surface area contributed by atoms with Gasteiger partial charge in [0.15, 0.2) is 6.61 Å². The molecular weight excluding hydrogens is 286 g/mol. The van der Waals surface area contributed by atoms with Gasteiger partial charge in [-0.15, -0.1) is 11.3 Å². The fraction of sp³-hybridized carbons (Fsp3) is 0.133. The smallest absolute Gasteiger partial charge is 0.277 e. The minimum Gasteiger partial charge on any atom is -0.482 e. The molecule has 2 aromatic rings. The molecule has 106 valence electrons. The van der Waals surface area contributed by atoms with Crippen LogP contribution in [0, 0.1) is 18.3 Å². The van der Waals surface area contributed by atoms with Crippen LogP contribution < -0.4 is 10.2 Å². The number of para-hydroxylation sites is 1. The van der Waals surface area contributed by atoms with Gasteiger partial charge in [0.25, 0.3) is 5.91 Å². The number of hydrogen-bond donors (Lipinski definition) is 1. The van der Waals surface area contributed by atoms with E-state index in [9.17, 15) is 4.79 Å². The molecule has 0 fully saturated rings. The molecule has 0 radical (unpaired) electrons. The van der Waals surface area contributed by atoms with Crippen molar-refractivity contribution in [3.63, 3.8) is 0 Å². The normalized spacial score (nSPS) is 10.3. The van der Waals surface area contributed by atoms with Gasteiger partial charge in [-0.2, -0.15) is 10.4 Å². The summed E-state index contributed by atoms with van der Waals surface area (Å²) in [5.74, 6) is 0.00133. The monoisotopic (exact) mass is 299 g/mol. The summed E-state index contributed by atoms with van der Waals surface area (Å²) >= 11 is 1.55. The molecule has 0 unspecified atom stereocenters. The molecule has 0 saturated heterocycles. The number of amides is 1. The van der Waals surface area contributed by atoms with Gasteiger partial charge in [0.1, 0.15) is 11.8 Å². The molecule has 1 aromatic carbocycles. The molecule has 0 spiro atoms. The van der Waals surface area contributed by atoms with Crippen LogP contribution in [0.2, 0.25) is 0 Å². The Balaban J connectivity index is 1.84. The third kappa shape index (κ3) is 4.16. The molecule has 5 nitrogen and oxygen atoms in total. The predicted molar refractivity (Wildman–Crippen MR) is 81.4 cm³/mol. The van der Waals surface area contributed by atoms with Crippen molar-refractivity contribution >= 4 is 23.5 Å². The first-order valence-electron chi connectivity index (χ1n) is 6.18. The molecule has 0 saturated carbocycles. The van der Waals surface area contributed by atoms with Crippen LogP contribution >= 0.6 is 11.3 Å². The Morgan fingerprint density at radius 3 is 3.00 bits per heavy atom. The summed E-state index contributed by atoms with van der Waals surface area (Å²) in [6.07, 6.45) is 1.60. The first kappa shape index (κ1) is 14.8. The maximum Gasteiger partial charge on any atom is 0.277 e. The fourth-order valence-corrected chi connectivity index (χ4v) is 2.33. The van der Waals surface area contributed by atoms with E-state index in [1.54, 1.807) is 41.8 Å². The summed E-state index contributed by atoms with van der Waals surface area (Å²) in [5.41, 5.74) is 3.89. The predicted octanol–water partition coefficient (Wildman–Crippen LogP) is 2.46. The lowest BCUT2D eigenvalue weighted by Gasteiger charge is -2.05. The molecule has 1 heterocycles. The molecule has 0 atom stereocenters. The zero-order valence-corrected chi connectivity index (χ0v) is 12.2. The van der Waals surface area contributed by atoms with Crippen molar-refractivity contribution in [2.45, 2.75) is 6.92 Å². The van der Waals surface area contributed by atoms with E-state index >= 15 is 0 Å². The van der Waals surface area contributed by atoms with Gasteiger partial charge in [0, 0.05) is 4.88 Å². The highest BCUT2D eigenvalue weighted by atomic mass is 32.1. The minimum atomic E-state index is -0.381. The van der Waals surface area contributed by atoms with Crippen LogP contribution in [-0.4, -0.2) is 18.7 Å². The highest BCUT2D eigenvalue weighted by Gasteiger charge is 2.05. The third-order valence-corrected chi connectivity index (χ3v) is 3.59. The number of nitrogens with one attached hydrogen (secondary N) is 1. The average Bonchev–Trinajstić information content (AvgIpc) is 2.91. The number of carbonyl (C=O) groups is 1. The fourth-order valence-electron chi connectivity index (χ4n) is 1.54. The van der Waals surface area contributed by atoms with E-state index in [0.29, 0.717) is 11.3 Å².